The van der Waals surface area contributed by atoms with E-state index in [0.717, 1.165) is 12.1 Å². The lowest BCUT2D eigenvalue weighted by atomic mass is 10.0. The van der Waals surface area contributed by atoms with Gasteiger partial charge in [-0.1, -0.05) is 0 Å². The fourth-order valence-electron chi connectivity index (χ4n) is 2.30. The monoisotopic (exact) mass is 276 g/mol. The number of amides is 1. The molecule has 2 rings (SSSR count). The summed E-state index contributed by atoms with van der Waals surface area (Å²) in [7, 11) is 1.97. The van der Waals surface area contributed by atoms with Crippen LogP contribution >= 0.6 is 0 Å². The Kier molecular flexibility index (Phi) is 4.52. The summed E-state index contributed by atoms with van der Waals surface area (Å²) in [6.45, 7) is 5.40. The van der Waals surface area contributed by atoms with Crippen LogP contribution in [0.25, 0.3) is 0 Å². The average Bonchev–Trinajstić information content (AvgIpc) is 2.38. The van der Waals surface area contributed by atoms with Crippen LogP contribution in [0.4, 0.5) is 5.69 Å². The molecule has 1 fully saturated rings. The Morgan fingerprint density at radius 1 is 1.40 bits per heavy atom. The number of benzene rings is 1. The highest BCUT2D eigenvalue weighted by molar-refractivity contribution is 5.98. The molecule has 1 aromatic carbocycles. The van der Waals surface area contributed by atoms with Gasteiger partial charge in [0.2, 0.25) is 0 Å². The molecule has 1 aliphatic rings. The van der Waals surface area contributed by atoms with Crippen LogP contribution in [0.15, 0.2) is 18.2 Å². The zero-order valence-corrected chi connectivity index (χ0v) is 12.1. The van der Waals surface area contributed by atoms with Crippen LogP contribution in [0, 0.1) is 6.92 Å². The standard InChI is InChI=1S/C15H20N2O3/c1-10-8-12(4-5-13(10)11(2)18)16-15(19)14-9-17(3)6-7-20-14/h4-5,8,14H,6-7,9H2,1-3H3,(H,16,19)/t14-/m1/s1. The van der Waals surface area contributed by atoms with Gasteiger partial charge in [-0.05, 0) is 44.7 Å². The molecule has 0 aromatic heterocycles. The van der Waals surface area contributed by atoms with Crippen molar-refractivity contribution in [2.45, 2.75) is 20.0 Å². The zero-order chi connectivity index (χ0) is 14.7. The van der Waals surface area contributed by atoms with Crippen LogP contribution < -0.4 is 5.32 Å². The summed E-state index contributed by atoms with van der Waals surface area (Å²) in [6.07, 6.45) is -0.443. The summed E-state index contributed by atoms with van der Waals surface area (Å²) >= 11 is 0. The Bertz CT molecular complexity index is 528. The quantitative estimate of drug-likeness (QED) is 0.849. The minimum absolute atomic E-state index is 0.0256. The number of nitrogens with one attached hydrogen (secondary N) is 1. The number of morpholine rings is 1. The van der Waals surface area contributed by atoms with E-state index in [9.17, 15) is 9.59 Å². The molecule has 0 saturated carbocycles. The topological polar surface area (TPSA) is 58.6 Å². The van der Waals surface area contributed by atoms with E-state index in [1.165, 1.54) is 6.92 Å². The van der Waals surface area contributed by atoms with Crippen molar-refractivity contribution in [3.05, 3.63) is 29.3 Å². The second kappa shape index (κ2) is 6.15. The molecule has 5 nitrogen and oxygen atoms in total. The second-order valence-corrected chi connectivity index (χ2v) is 5.20. The second-order valence-electron chi connectivity index (χ2n) is 5.20. The Morgan fingerprint density at radius 2 is 2.15 bits per heavy atom. The van der Waals surface area contributed by atoms with Crippen molar-refractivity contribution in [2.75, 3.05) is 32.1 Å². The van der Waals surface area contributed by atoms with Crippen molar-refractivity contribution < 1.29 is 14.3 Å². The Hall–Kier alpha value is -1.72. The third-order valence-corrected chi connectivity index (χ3v) is 3.44. The molecule has 1 amide bonds. The number of likely N-dealkylation sites (N-methyl/N-ethyl adjacent to an activating group) is 1. The number of ether oxygens (including phenoxy) is 1. The first-order chi connectivity index (χ1) is 9.47. The van der Waals surface area contributed by atoms with Crippen LogP contribution in [0.1, 0.15) is 22.8 Å². The van der Waals surface area contributed by atoms with Crippen LogP contribution in [0.3, 0.4) is 0 Å². The Labute approximate surface area is 118 Å². The molecule has 0 radical (unpaired) electrons. The molecule has 1 heterocycles. The molecular weight excluding hydrogens is 256 g/mol. The summed E-state index contributed by atoms with van der Waals surface area (Å²) in [5.74, 6) is -0.121. The van der Waals surface area contributed by atoms with Gasteiger partial charge in [0.05, 0.1) is 6.61 Å². The molecule has 5 heteroatoms. The van der Waals surface area contributed by atoms with Gasteiger partial charge in [-0.15, -0.1) is 0 Å². The summed E-state index contributed by atoms with van der Waals surface area (Å²) in [5.41, 5.74) is 2.22. The first-order valence-electron chi connectivity index (χ1n) is 6.70. The van der Waals surface area contributed by atoms with Gasteiger partial charge in [-0.3, -0.25) is 9.59 Å². The SMILES string of the molecule is CC(=O)c1ccc(NC(=O)[C@H]2CN(C)CCO2)cc1C. The molecule has 1 aliphatic heterocycles. The molecule has 20 heavy (non-hydrogen) atoms. The first-order valence-corrected chi connectivity index (χ1v) is 6.70. The lowest BCUT2D eigenvalue weighted by Gasteiger charge is -2.29. The molecular formula is C15H20N2O3. The molecule has 1 atom stereocenters. The maximum Gasteiger partial charge on any atom is 0.254 e. The van der Waals surface area contributed by atoms with E-state index in [0.29, 0.717) is 24.4 Å². The molecule has 1 N–H and O–H groups in total. The summed E-state index contributed by atoms with van der Waals surface area (Å²) in [6, 6.07) is 5.29. The number of aryl methyl sites for hydroxylation is 1. The maximum atomic E-state index is 12.1. The number of Topliss-reactive ketones (excluding diaryl/α,β-unsaturated/α-hetero) is 1. The number of hydrogen-bond acceptors (Lipinski definition) is 4. The van der Waals surface area contributed by atoms with Crippen molar-refractivity contribution in [1.82, 2.24) is 4.90 Å². The number of carbonyl (C=O) groups excluding carboxylic acids is 2. The van der Waals surface area contributed by atoms with Gasteiger partial charge in [0.15, 0.2) is 5.78 Å². The van der Waals surface area contributed by atoms with Gasteiger partial charge < -0.3 is 15.0 Å². The van der Waals surface area contributed by atoms with Gasteiger partial charge in [0.1, 0.15) is 6.10 Å². The van der Waals surface area contributed by atoms with Gasteiger partial charge in [-0.25, -0.2) is 0 Å². The van der Waals surface area contributed by atoms with Crippen LogP contribution in [0.2, 0.25) is 0 Å². The highest BCUT2D eigenvalue weighted by Gasteiger charge is 2.24. The third kappa shape index (κ3) is 3.43. The number of ketones is 1. The van der Waals surface area contributed by atoms with Crippen LogP contribution in [-0.2, 0) is 9.53 Å². The summed E-state index contributed by atoms with van der Waals surface area (Å²) < 4.78 is 5.47. The van der Waals surface area contributed by atoms with E-state index < -0.39 is 6.10 Å². The van der Waals surface area contributed by atoms with Crippen LogP contribution in [-0.4, -0.2) is 49.4 Å². The maximum absolute atomic E-state index is 12.1. The average molecular weight is 276 g/mol. The lowest BCUT2D eigenvalue weighted by molar-refractivity contribution is -0.132. The molecule has 0 spiro atoms. The third-order valence-electron chi connectivity index (χ3n) is 3.44. The Morgan fingerprint density at radius 3 is 2.75 bits per heavy atom. The molecule has 108 valence electrons. The number of nitrogens with zero attached hydrogens (tertiary/aromatic N) is 1. The van der Waals surface area contributed by atoms with E-state index in [2.05, 4.69) is 10.2 Å². The van der Waals surface area contributed by atoms with Gasteiger partial charge in [0.25, 0.3) is 5.91 Å². The van der Waals surface area contributed by atoms with E-state index in [1.807, 2.05) is 14.0 Å². The summed E-state index contributed by atoms with van der Waals surface area (Å²) in [4.78, 5) is 25.6. The smallest absolute Gasteiger partial charge is 0.254 e. The fourth-order valence-corrected chi connectivity index (χ4v) is 2.30. The minimum atomic E-state index is -0.443. The highest BCUT2D eigenvalue weighted by atomic mass is 16.5. The minimum Gasteiger partial charge on any atom is -0.366 e. The van der Waals surface area contributed by atoms with Crippen molar-refractivity contribution >= 4 is 17.4 Å². The number of hydrogen-bond donors (Lipinski definition) is 1. The van der Waals surface area contributed by atoms with Gasteiger partial charge in [-0.2, -0.15) is 0 Å². The largest absolute Gasteiger partial charge is 0.366 e. The zero-order valence-electron chi connectivity index (χ0n) is 12.1. The molecule has 0 unspecified atom stereocenters. The number of rotatable bonds is 3. The van der Waals surface area contributed by atoms with Gasteiger partial charge in [0, 0.05) is 24.3 Å². The molecule has 1 saturated heterocycles. The summed E-state index contributed by atoms with van der Waals surface area (Å²) in [5, 5.41) is 2.84. The predicted molar refractivity (Wildman–Crippen MR) is 77.1 cm³/mol. The van der Waals surface area contributed by atoms with Crippen LogP contribution in [0.5, 0.6) is 0 Å². The predicted octanol–water partition coefficient (Wildman–Crippen LogP) is 1.47. The van der Waals surface area contributed by atoms with Crippen molar-refractivity contribution in [3.63, 3.8) is 0 Å². The normalized spacial score (nSPS) is 19.6. The van der Waals surface area contributed by atoms with Gasteiger partial charge >= 0.3 is 0 Å². The number of carbonyl (C=O) groups is 2. The molecule has 1 aromatic rings. The van der Waals surface area contributed by atoms with Crippen molar-refractivity contribution in [3.8, 4) is 0 Å². The first kappa shape index (κ1) is 14.7. The Balaban J connectivity index is 2.04. The molecule has 0 aliphatic carbocycles. The van der Waals surface area contributed by atoms with Crippen molar-refractivity contribution in [1.29, 1.82) is 0 Å². The fraction of sp³-hybridized carbons (Fsp3) is 0.467. The lowest BCUT2D eigenvalue weighted by Crippen LogP contribution is -2.46. The highest BCUT2D eigenvalue weighted by Crippen LogP contribution is 2.16. The van der Waals surface area contributed by atoms with Crippen molar-refractivity contribution in [2.24, 2.45) is 0 Å². The van der Waals surface area contributed by atoms with E-state index in [4.69, 9.17) is 4.74 Å². The van der Waals surface area contributed by atoms with E-state index in [1.54, 1.807) is 18.2 Å². The van der Waals surface area contributed by atoms with E-state index in [-0.39, 0.29) is 11.7 Å². The van der Waals surface area contributed by atoms with E-state index >= 15 is 0 Å². The molecule has 0 bridgehead atoms. The number of anilines is 1.